The van der Waals surface area contributed by atoms with Gasteiger partial charge in [-0.1, -0.05) is 18.7 Å². The third-order valence-corrected chi connectivity index (χ3v) is 11.1. The Morgan fingerprint density at radius 1 is 1.12 bits per heavy atom. The number of carbonyl (C=O) groups is 1. The molecular formula is C36H35F3N6O3S. The summed E-state index contributed by atoms with van der Waals surface area (Å²) in [6.45, 7) is 5.28. The van der Waals surface area contributed by atoms with E-state index < -0.39 is 29.5 Å². The van der Waals surface area contributed by atoms with Gasteiger partial charge in [-0.05, 0) is 62.1 Å². The highest BCUT2D eigenvalue weighted by molar-refractivity contribution is 7.17. The number of benzene rings is 2. The molecule has 2 aromatic carbocycles. The number of halogens is 3. The summed E-state index contributed by atoms with van der Waals surface area (Å²) in [4.78, 5) is 28.0. The first-order valence-corrected chi connectivity index (χ1v) is 17.5. The number of nitriles is 1. The number of nitrogens with zero attached hydrogens (tertiary/aromatic N) is 6. The van der Waals surface area contributed by atoms with Crippen molar-refractivity contribution < 1.29 is 27.4 Å². The fraction of sp³-hybridized carbons (Fsp3) is 0.444. The topological polar surface area (TPSA) is 94.8 Å². The number of hydrogen-bond acceptors (Lipinski definition) is 9. The van der Waals surface area contributed by atoms with E-state index in [4.69, 9.17) is 19.4 Å². The van der Waals surface area contributed by atoms with Gasteiger partial charge >= 0.3 is 6.01 Å². The highest BCUT2D eigenvalue weighted by Crippen LogP contribution is 2.46. The van der Waals surface area contributed by atoms with E-state index in [9.17, 15) is 23.2 Å². The van der Waals surface area contributed by atoms with Crippen LogP contribution in [-0.4, -0.2) is 88.9 Å². The number of carbonyl (C=O) groups excluding carboxylic acids is 1. The number of ether oxygens (including phenoxy) is 2. The lowest BCUT2D eigenvalue weighted by molar-refractivity contribution is -0.131. The lowest BCUT2D eigenvalue weighted by atomic mass is 9.95. The Hall–Kier alpha value is -4.41. The molecule has 3 saturated heterocycles. The maximum atomic E-state index is 14.6. The van der Waals surface area contributed by atoms with E-state index in [2.05, 4.69) is 17.5 Å². The van der Waals surface area contributed by atoms with E-state index in [-0.39, 0.29) is 43.4 Å². The Labute approximate surface area is 285 Å². The second-order valence-corrected chi connectivity index (χ2v) is 14.5. The van der Waals surface area contributed by atoms with E-state index in [0.29, 0.717) is 42.0 Å². The molecule has 8 rings (SSSR count). The number of alkyl halides is 1. The molecule has 254 valence electrons. The van der Waals surface area contributed by atoms with Crippen molar-refractivity contribution in [3.8, 4) is 29.0 Å². The molecule has 4 aromatic rings. The number of rotatable bonds is 9. The third-order valence-electron chi connectivity index (χ3n) is 10.2. The molecule has 0 radical (unpaired) electrons. The number of aromatic nitrogens is 2. The molecule has 0 N–H and O–H groups in total. The Balaban J connectivity index is 1.25. The van der Waals surface area contributed by atoms with Crippen LogP contribution in [0.15, 0.2) is 48.8 Å². The summed E-state index contributed by atoms with van der Waals surface area (Å²) < 4.78 is 56.9. The molecular weight excluding hydrogens is 653 g/mol. The van der Waals surface area contributed by atoms with Crippen molar-refractivity contribution in [3.05, 3.63) is 53.9 Å². The molecule has 4 fully saturated rings. The second kappa shape index (κ2) is 12.5. The van der Waals surface area contributed by atoms with Crippen molar-refractivity contribution >= 4 is 44.1 Å². The van der Waals surface area contributed by atoms with Gasteiger partial charge in [-0.3, -0.25) is 9.69 Å². The van der Waals surface area contributed by atoms with E-state index in [0.717, 1.165) is 64.8 Å². The molecule has 1 saturated carbocycles. The highest BCUT2D eigenvalue weighted by atomic mass is 32.1. The molecule has 0 bridgehead atoms. The van der Waals surface area contributed by atoms with Gasteiger partial charge in [0.1, 0.15) is 24.1 Å². The van der Waals surface area contributed by atoms with Gasteiger partial charge in [0, 0.05) is 53.6 Å². The number of anilines is 1. The summed E-state index contributed by atoms with van der Waals surface area (Å²) in [5, 5.41) is 10.8. The molecule has 4 aliphatic rings. The van der Waals surface area contributed by atoms with Gasteiger partial charge in [-0.25, -0.2) is 8.78 Å². The van der Waals surface area contributed by atoms with Crippen molar-refractivity contribution in [2.45, 2.75) is 62.4 Å². The zero-order valence-corrected chi connectivity index (χ0v) is 27.7. The molecule has 2 aromatic heterocycles. The minimum Gasteiger partial charge on any atom is -0.487 e. The first kappa shape index (κ1) is 31.8. The Morgan fingerprint density at radius 2 is 1.98 bits per heavy atom. The number of hydrogen-bond donors (Lipinski definition) is 0. The smallest absolute Gasteiger partial charge is 0.319 e. The third kappa shape index (κ3) is 5.84. The van der Waals surface area contributed by atoms with Crippen LogP contribution in [0.1, 0.15) is 38.5 Å². The number of piperazine rings is 1. The van der Waals surface area contributed by atoms with Crippen LogP contribution in [0.3, 0.4) is 0 Å². The number of fused-ring (bicyclic) bond motifs is 3. The largest absolute Gasteiger partial charge is 0.487 e. The molecule has 13 heteroatoms. The summed E-state index contributed by atoms with van der Waals surface area (Å²) >= 11 is 1.08. The number of thiophene rings is 1. The van der Waals surface area contributed by atoms with Gasteiger partial charge in [0.15, 0.2) is 16.7 Å². The molecule has 0 spiro atoms. The van der Waals surface area contributed by atoms with Gasteiger partial charge in [0.2, 0.25) is 0 Å². The summed E-state index contributed by atoms with van der Waals surface area (Å²) in [7, 11) is 0. The fourth-order valence-electron chi connectivity index (χ4n) is 7.79. The van der Waals surface area contributed by atoms with Crippen molar-refractivity contribution in [3.63, 3.8) is 0 Å². The van der Waals surface area contributed by atoms with Crippen LogP contribution in [0.5, 0.6) is 11.8 Å². The van der Waals surface area contributed by atoms with E-state index in [1.165, 1.54) is 11.0 Å². The summed E-state index contributed by atoms with van der Waals surface area (Å²) in [5.41, 5.74) is 1.66. The van der Waals surface area contributed by atoms with E-state index >= 15 is 0 Å². The van der Waals surface area contributed by atoms with Crippen LogP contribution in [0.4, 0.5) is 19.0 Å². The lowest BCUT2D eigenvalue weighted by Crippen LogP contribution is -2.55. The predicted octanol–water partition coefficient (Wildman–Crippen LogP) is 6.56. The minimum absolute atomic E-state index is 0.000161. The highest BCUT2D eigenvalue weighted by Gasteiger charge is 2.49. The summed E-state index contributed by atoms with van der Waals surface area (Å²) in [5.74, 6) is -0.841. The molecule has 3 aliphatic heterocycles. The van der Waals surface area contributed by atoms with Crippen molar-refractivity contribution in [2.75, 3.05) is 44.2 Å². The lowest BCUT2D eigenvalue weighted by Gasteiger charge is -2.41. The van der Waals surface area contributed by atoms with Crippen LogP contribution in [0.25, 0.3) is 32.1 Å². The van der Waals surface area contributed by atoms with Crippen molar-refractivity contribution in [2.24, 2.45) is 0 Å². The maximum absolute atomic E-state index is 14.6. The molecule has 1 aliphatic carbocycles. The standard InChI is InChI=1S/C36H35F3N6O3S/c1-21(37)34(46)45-15-14-43(19-23(45)10-12-40)33-27-9-8-26(25-4-2-5-29-28(25)16-30(39)49-29)32(48-24-6-7-24)31(27)41-35(42-33)47-20-36-11-3-13-44(36)18-22(38)17-36/h2,4-5,8-9,16,22-24H,1,3,6-7,10-11,13-15,17-20H2/t22-,23+,36+/m1/s1. The SMILES string of the molecule is C=C(F)C(=O)N1CCN(c2nc(OC[C@@]34CCCN3C[C@H](F)C4)nc3c(OC4CC4)c(-c4cccc5sc(F)cc45)ccc23)C[C@@H]1CC#N. The maximum Gasteiger partial charge on any atom is 0.319 e. The molecule has 9 nitrogen and oxygen atoms in total. The number of amides is 1. The molecule has 5 heterocycles. The zero-order valence-electron chi connectivity index (χ0n) is 26.8. The predicted molar refractivity (Wildman–Crippen MR) is 181 cm³/mol. The van der Waals surface area contributed by atoms with Crippen molar-refractivity contribution in [1.82, 2.24) is 19.8 Å². The summed E-state index contributed by atoms with van der Waals surface area (Å²) in [6, 6.07) is 12.7. The molecule has 1 amide bonds. The van der Waals surface area contributed by atoms with Crippen LogP contribution >= 0.6 is 11.3 Å². The van der Waals surface area contributed by atoms with Gasteiger partial charge in [-0.15, -0.1) is 11.3 Å². The molecule has 3 atom stereocenters. The average molecular weight is 689 g/mol. The van der Waals surface area contributed by atoms with E-state index in [1.54, 1.807) is 0 Å². The monoisotopic (exact) mass is 688 g/mol. The Kier molecular flexibility index (Phi) is 8.11. The minimum atomic E-state index is -1.07. The molecule has 0 unspecified atom stereocenters. The zero-order chi connectivity index (χ0) is 33.9. The van der Waals surface area contributed by atoms with Gasteiger partial charge < -0.3 is 19.3 Å². The van der Waals surface area contributed by atoms with Crippen LogP contribution in [-0.2, 0) is 4.79 Å². The second-order valence-electron chi connectivity index (χ2n) is 13.5. The van der Waals surface area contributed by atoms with Gasteiger partial charge in [0.25, 0.3) is 5.91 Å². The van der Waals surface area contributed by atoms with Crippen LogP contribution in [0.2, 0.25) is 0 Å². The van der Waals surface area contributed by atoms with Gasteiger partial charge in [-0.2, -0.15) is 19.6 Å². The Morgan fingerprint density at radius 3 is 2.78 bits per heavy atom. The first-order chi connectivity index (χ1) is 23.7. The van der Waals surface area contributed by atoms with Crippen molar-refractivity contribution in [1.29, 1.82) is 5.26 Å². The quantitative estimate of drug-likeness (QED) is 0.183. The fourth-order valence-corrected chi connectivity index (χ4v) is 8.60. The Bertz CT molecular complexity index is 2010. The van der Waals surface area contributed by atoms with E-state index in [1.807, 2.05) is 35.2 Å². The summed E-state index contributed by atoms with van der Waals surface area (Å²) in [6.07, 6.45) is 3.03. The first-order valence-electron chi connectivity index (χ1n) is 16.7. The normalized spacial score (nSPS) is 24.0. The average Bonchev–Trinajstić information content (AvgIpc) is 3.57. The van der Waals surface area contributed by atoms with Crippen LogP contribution in [0, 0.1) is 16.5 Å². The molecule has 49 heavy (non-hydrogen) atoms. The van der Waals surface area contributed by atoms with Gasteiger partial charge in [0.05, 0.1) is 30.2 Å². The van der Waals surface area contributed by atoms with Crippen LogP contribution < -0.4 is 14.4 Å².